The van der Waals surface area contributed by atoms with Crippen LogP contribution in [-0.4, -0.2) is 17.1 Å². The molecule has 1 amide bonds. The zero-order chi connectivity index (χ0) is 12.8. The van der Waals surface area contributed by atoms with Gasteiger partial charge < -0.3 is 5.11 Å². The van der Waals surface area contributed by atoms with Crippen LogP contribution in [0.5, 0.6) is 0 Å². The number of nitrogens with one attached hydrogen (secondary N) is 1. The van der Waals surface area contributed by atoms with Crippen LogP contribution in [0.2, 0.25) is 0 Å². The first-order valence-corrected chi connectivity index (χ1v) is 6.41. The van der Waals surface area contributed by atoms with Crippen LogP contribution in [0.15, 0.2) is 30.3 Å². The van der Waals surface area contributed by atoms with Crippen molar-refractivity contribution in [1.82, 2.24) is 5.48 Å². The highest BCUT2D eigenvalue weighted by Gasteiger charge is 2.29. The van der Waals surface area contributed by atoms with E-state index in [2.05, 4.69) is 5.48 Å². The number of aliphatic hydroxyl groups is 1. The molecule has 98 valence electrons. The number of carbonyl (C=O) groups is 1. The Balaban J connectivity index is 1.74. The number of aliphatic hydroxyl groups excluding tert-OH is 1. The Bertz CT molecular complexity index is 380. The molecule has 2 rings (SSSR count). The third kappa shape index (κ3) is 3.55. The van der Waals surface area contributed by atoms with E-state index in [-0.39, 0.29) is 11.8 Å². The average Bonchev–Trinajstić information content (AvgIpc) is 2.40. The van der Waals surface area contributed by atoms with E-state index in [0.717, 1.165) is 24.8 Å². The van der Waals surface area contributed by atoms with Gasteiger partial charge in [0.1, 0.15) is 0 Å². The first-order chi connectivity index (χ1) is 8.77. The maximum atomic E-state index is 11.8. The van der Waals surface area contributed by atoms with E-state index >= 15 is 0 Å². The Morgan fingerprint density at radius 3 is 2.72 bits per heavy atom. The maximum Gasteiger partial charge on any atom is 0.249 e. The van der Waals surface area contributed by atoms with Crippen molar-refractivity contribution in [1.29, 1.82) is 0 Å². The molecule has 1 aliphatic carbocycles. The summed E-state index contributed by atoms with van der Waals surface area (Å²) in [6.07, 6.45) is 2.90. The minimum absolute atomic E-state index is 0.210. The molecule has 18 heavy (non-hydrogen) atoms. The van der Waals surface area contributed by atoms with Crippen molar-refractivity contribution in [3.63, 3.8) is 0 Å². The monoisotopic (exact) mass is 249 g/mol. The fourth-order valence-electron chi connectivity index (χ4n) is 2.26. The van der Waals surface area contributed by atoms with Crippen LogP contribution >= 0.6 is 0 Å². The molecular weight excluding hydrogens is 230 g/mol. The smallest absolute Gasteiger partial charge is 0.249 e. The summed E-state index contributed by atoms with van der Waals surface area (Å²) in [5, 5.41) is 9.74. The second-order valence-corrected chi connectivity index (χ2v) is 4.70. The normalized spacial score (nSPS) is 23.6. The van der Waals surface area contributed by atoms with Gasteiger partial charge in [-0.05, 0) is 18.4 Å². The quantitative estimate of drug-likeness (QED) is 0.800. The summed E-state index contributed by atoms with van der Waals surface area (Å²) in [4.78, 5) is 17.0. The van der Waals surface area contributed by atoms with E-state index in [1.165, 1.54) is 0 Å². The molecule has 1 saturated carbocycles. The number of carbonyl (C=O) groups excluding carboxylic acids is 1. The van der Waals surface area contributed by atoms with Gasteiger partial charge in [-0.15, -0.1) is 0 Å². The Kier molecular flexibility index (Phi) is 4.73. The number of hydroxylamine groups is 1. The third-order valence-corrected chi connectivity index (χ3v) is 3.32. The third-order valence-electron chi connectivity index (χ3n) is 3.32. The fraction of sp³-hybridized carbons (Fsp3) is 0.500. The number of amides is 1. The molecule has 2 atom stereocenters. The fourth-order valence-corrected chi connectivity index (χ4v) is 2.26. The summed E-state index contributed by atoms with van der Waals surface area (Å²) in [6, 6.07) is 9.64. The SMILES string of the molecule is O=C(NOCc1ccccc1)[C@H]1CCCC[C@H]1O. The van der Waals surface area contributed by atoms with Crippen molar-refractivity contribution in [2.75, 3.05) is 0 Å². The molecule has 1 aromatic carbocycles. The van der Waals surface area contributed by atoms with Gasteiger partial charge in [-0.2, -0.15) is 0 Å². The van der Waals surface area contributed by atoms with Gasteiger partial charge in [0.05, 0.1) is 18.6 Å². The Labute approximate surface area is 107 Å². The predicted octanol–water partition coefficient (Wildman–Crippen LogP) is 1.79. The second kappa shape index (κ2) is 6.52. The Morgan fingerprint density at radius 2 is 2.00 bits per heavy atom. The van der Waals surface area contributed by atoms with Crippen molar-refractivity contribution in [2.24, 2.45) is 5.92 Å². The van der Waals surface area contributed by atoms with E-state index in [1.54, 1.807) is 0 Å². The minimum atomic E-state index is -0.529. The molecule has 0 aromatic heterocycles. The predicted molar refractivity (Wildman–Crippen MR) is 67.3 cm³/mol. The van der Waals surface area contributed by atoms with Gasteiger partial charge in [-0.3, -0.25) is 9.63 Å². The highest BCUT2D eigenvalue weighted by atomic mass is 16.6. The van der Waals surface area contributed by atoms with Crippen molar-refractivity contribution < 1.29 is 14.7 Å². The molecule has 0 heterocycles. The van der Waals surface area contributed by atoms with Crippen LogP contribution < -0.4 is 5.48 Å². The van der Waals surface area contributed by atoms with Crippen LogP contribution in [-0.2, 0) is 16.2 Å². The lowest BCUT2D eigenvalue weighted by molar-refractivity contribution is -0.144. The molecule has 1 aliphatic rings. The largest absolute Gasteiger partial charge is 0.392 e. The van der Waals surface area contributed by atoms with E-state index in [9.17, 15) is 9.90 Å². The van der Waals surface area contributed by atoms with Crippen molar-refractivity contribution in [3.8, 4) is 0 Å². The number of hydrogen-bond donors (Lipinski definition) is 2. The number of benzene rings is 1. The second-order valence-electron chi connectivity index (χ2n) is 4.70. The molecule has 1 fully saturated rings. The topological polar surface area (TPSA) is 58.6 Å². The van der Waals surface area contributed by atoms with E-state index < -0.39 is 6.10 Å². The van der Waals surface area contributed by atoms with Crippen molar-refractivity contribution in [3.05, 3.63) is 35.9 Å². The van der Waals surface area contributed by atoms with Gasteiger partial charge >= 0.3 is 0 Å². The van der Waals surface area contributed by atoms with Gasteiger partial charge in [0.25, 0.3) is 0 Å². The van der Waals surface area contributed by atoms with E-state index in [1.807, 2.05) is 30.3 Å². The lowest BCUT2D eigenvalue weighted by Crippen LogP contribution is -2.39. The minimum Gasteiger partial charge on any atom is -0.392 e. The van der Waals surface area contributed by atoms with Crippen molar-refractivity contribution in [2.45, 2.75) is 38.4 Å². The van der Waals surface area contributed by atoms with Gasteiger partial charge in [0, 0.05) is 0 Å². The highest BCUT2D eigenvalue weighted by molar-refractivity contribution is 5.78. The standard InChI is InChI=1S/C14H19NO3/c16-13-9-5-4-8-12(13)14(17)15-18-10-11-6-2-1-3-7-11/h1-3,6-7,12-13,16H,4-5,8-10H2,(H,15,17)/t12-,13+/m0/s1. The molecule has 0 radical (unpaired) electrons. The molecule has 0 unspecified atom stereocenters. The molecule has 1 aromatic rings. The van der Waals surface area contributed by atoms with E-state index in [4.69, 9.17) is 4.84 Å². The maximum absolute atomic E-state index is 11.8. The molecule has 0 bridgehead atoms. The summed E-state index contributed by atoms with van der Waals surface area (Å²) < 4.78 is 0. The summed E-state index contributed by atoms with van der Waals surface area (Å²) >= 11 is 0. The Morgan fingerprint density at radius 1 is 1.28 bits per heavy atom. The summed E-state index contributed by atoms with van der Waals surface area (Å²) in [5.74, 6) is -0.535. The van der Waals surface area contributed by atoms with Crippen LogP contribution in [0.1, 0.15) is 31.2 Å². The van der Waals surface area contributed by atoms with Gasteiger partial charge in [-0.1, -0.05) is 43.2 Å². The average molecular weight is 249 g/mol. The summed E-state index contributed by atoms with van der Waals surface area (Å²) in [7, 11) is 0. The molecule has 2 N–H and O–H groups in total. The molecule has 4 nitrogen and oxygen atoms in total. The lowest BCUT2D eigenvalue weighted by Gasteiger charge is -2.26. The van der Waals surface area contributed by atoms with Crippen LogP contribution in [0, 0.1) is 5.92 Å². The zero-order valence-corrected chi connectivity index (χ0v) is 10.3. The summed E-state index contributed by atoms with van der Waals surface area (Å²) in [5.41, 5.74) is 3.43. The molecule has 4 heteroatoms. The number of rotatable bonds is 4. The lowest BCUT2D eigenvalue weighted by atomic mass is 9.86. The van der Waals surface area contributed by atoms with E-state index in [0.29, 0.717) is 13.0 Å². The highest BCUT2D eigenvalue weighted by Crippen LogP contribution is 2.24. The first-order valence-electron chi connectivity index (χ1n) is 6.41. The van der Waals surface area contributed by atoms with Gasteiger partial charge in [0.15, 0.2) is 0 Å². The van der Waals surface area contributed by atoms with Crippen LogP contribution in [0.3, 0.4) is 0 Å². The summed E-state index contributed by atoms with van der Waals surface area (Å²) in [6.45, 7) is 0.343. The molecule has 0 spiro atoms. The first kappa shape index (κ1) is 13.1. The van der Waals surface area contributed by atoms with Crippen molar-refractivity contribution >= 4 is 5.91 Å². The molecule has 0 saturated heterocycles. The molecular formula is C14H19NO3. The zero-order valence-electron chi connectivity index (χ0n) is 10.3. The number of hydrogen-bond acceptors (Lipinski definition) is 3. The van der Waals surface area contributed by atoms with Crippen LogP contribution in [0.25, 0.3) is 0 Å². The van der Waals surface area contributed by atoms with Gasteiger partial charge in [0.2, 0.25) is 5.91 Å². The molecule has 0 aliphatic heterocycles. The Hall–Kier alpha value is -1.39. The van der Waals surface area contributed by atoms with Crippen LogP contribution in [0.4, 0.5) is 0 Å². The van der Waals surface area contributed by atoms with Gasteiger partial charge in [-0.25, -0.2) is 5.48 Å².